The van der Waals surface area contributed by atoms with E-state index >= 15 is 0 Å². The highest BCUT2D eigenvalue weighted by atomic mass is 35.5. The highest BCUT2D eigenvalue weighted by Crippen LogP contribution is 2.35. The van der Waals surface area contributed by atoms with Crippen LogP contribution in [0.3, 0.4) is 0 Å². The number of nitrogens with one attached hydrogen (secondary N) is 2. The standard InChI is InChI=1S/C24H23ClN2O4/c25-19-4-1-3-18(15-19)24(10-13-30-14-11-24)16-26-22(28)17-6-8-20(9-7-17)27-23(29)21-5-2-12-31-21/h1-9,12,15H,10-11,13-14,16H2,(H,26,28)(H,27,29). The molecule has 1 aromatic heterocycles. The van der Waals surface area contributed by atoms with Crippen molar-refractivity contribution in [1.82, 2.24) is 5.32 Å². The Morgan fingerprint density at radius 3 is 2.42 bits per heavy atom. The molecule has 2 aromatic carbocycles. The van der Waals surface area contributed by atoms with Crippen molar-refractivity contribution >= 4 is 29.1 Å². The number of furan rings is 1. The summed E-state index contributed by atoms with van der Waals surface area (Å²) in [7, 11) is 0. The van der Waals surface area contributed by atoms with E-state index in [9.17, 15) is 9.59 Å². The summed E-state index contributed by atoms with van der Waals surface area (Å²) in [6.07, 6.45) is 3.06. The van der Waals surface area contributed by atoms with Crippen molar-refractivity contribution in [3.63, 3.8) is 0 Å². The molecule has 2 N–H and O–H groups in total. The van der Waals surface area contributed by atoms with Crippen molar-refractivity contribution in [3.05, 3.63) is 88.8 Å². The van der Waals surface area contributed by atoms with Crippen LogP contribution in [0, 0.1) is 0 Å². The van der Waals surface area contributed by atoms with Crippen LogP contribution in [0.4, 0.5) is 5.69 Å². The molecule has 1 aliphatic heterocycles. The highest BCUT2D eigenvalue weighted by Gasteiger charge is 2.35. The van der Waals surface area contributed by atoms with Crippen LogP contribution in [0.5, 0.6) is 0 Å². The Morgan fingerprint density at radius 2 is 1.74 bits per heavy atom. The van der Waals surface area contributed by atoms with Gasteiger partial charge in [-0.1, -0.05) is 23.7 Å². The second kappa shape index (κ2) is 9.37. The van der Waals surface area contributed by atoms with Gasteiger partial charge in [0.1, 0.15) is 0 Å². The lowest BCUT2D eigenvalue weighted by atomic mass is 9.74. The molecule has 160 valence electrons. The van der Waals surface area contributed by atoms with Crippen molar-refractivity contribution in [1.29, 1.82) is 0 Å². The number of rotatable bonds is 6. The van der Waals surface area contributed by atoms with Gasteiger partial charge in [-0.3, -0.25) is 9.59 Å². The minimum atomic E-state index is -0.342. The van der Waals surface area contributed by atoms with Crippen LogP contribution in [0.15, 0.2) is 71.3 Å². The van der Waals surface area contributed by atoms with Gasteiger partial charge >= 0.3 is 0 Å². The van der Waals surface area contributed by atoms with Crippen molar-refractivity contribution in [2.24, 2.45) is 0 Å². The Balaban J connectivity index is 1.41. The van der Waals surface area contributed by atoms with Crippen LogP contribution >= 0.6 is 11.6 Å². The van der Waals surface area contributed by atoms with Gasteiger partial charge in [0.25, 0.3) is 11.8 Å². The summed E-state index contributed by atoms with van der Waals surface area (Å²) in [5.41, 5.74) is 2.00. The number of hydrogen-bond donors (Lipinski definition) is 2. The van der Waals surface area contributed by atoms with Gasteiger partial charge in [-0.15, -0.1) is 0 Å². The van der Waals surface area contributed by atoms with E-state index in [1.54, 1.807) is 36.4 Å². The summed E-state index contributed by atoms with van der Waals surface area (Å²) in [6, 6.07) is 17.8. The number of amides is 2. The maximum absolute atomic E-state index is 12.8. The number of ether oxygens (including phenoxy) is 1. The molecule has 2 amide bonds. The highest BCUT2D eigenvalue weighted by molar-refractivity contribution is 6.30. The molecule has 1 aliphatic rings. The molecule has 4 rings (SSSR count). The van der Waals surface area contributed by atoms with Crippen LogP contribution in [0.2, 0.25) is 5.02 Å². The zero-order chi connectivity index (χ0) is 21.7. The number of carbonyl (C=O) groups is 2. The van der Waals surface area contributed by atoms with Crippen molar-refractivity contribution in [2.75, 3.05) is 25.1 Å². The van der Waals surface area contributed by atoms with Gasteiger partial charge in [-0.05, 0) is 66.9 Å². The van der Waals surface area contributed by atoms with Crippen molar-refractivity contribution < 1.29 is 18.7 Å². The van der Waals surface area contributed by atoms with Gasteiger partial charge in [0, 0.05) is 41.4 Å². The Kier molecular flexibility index (Phi) is 6.39. The summed E-state index contributed by atoms with van der Waals surface area (Å²) in [5, 5.41) is 6.49. The van der Waals surface area contributed by atoms with Crippen LogP contribution in [-0.4, -0.2) is 31.6 Å². The monoisotopic (exact) mass is 438 g/mol. The maximum Gasteiger partial charge on any atom is 0.291 e. The number of carbonyl (C=O) groups excluding carboxylic acids is 2. The fourth-order valence-electron chi connectivity index (χ4n) is 3.80. The molecule has 1 fully saturated rings. The fourth-order valence-corrected chi connectivity index (χ4v) is 4.00. The summed E-state index contributed by atoms with van der Waals surface area (Å²) in [4.78, 5) is 24.8. The molecule has 31 heavy (non-hydrogen) atoms. The topological polar surface area (TPSA) is 80.6 Å². The molecule has 6 nitrogen and oxygen atoms in total. The first-order valence-corrected chi connectivity index (χ1v) is 10.5. The number of halogens is 1. The molecule has 0 unspecified atom stereocenters. The number of hydrogen-bond acceptors (Lipinski definition) is 4. The molecule has 1 saturated heterocycles. The van der Waals surface area contributed by atoms with Gasteiger partial charge in [0.05, 0.1) is 6.26 Å². The van der Waals surface area contributed by atoms with Gasteiger partial charge in [-0.2, -0.15) is 0 Å². The summed E-state index contributed by atoms with van der Waals surface area (Å²) < 4.78 is 10.6. The fraction of sp³-hybridized carbons (Fsp3) is 0.250. The maximum atomic E-state index is 12.8. The normalized spacial score (nSPS) is 15.3. The largest absolute Gasteiger partial charge is 0.459 e. The first-order valence-electron chi connectivity index (χ1n) is 10.1. The molecule has 0 aliphatic carbocycles. The molecule has 0 bridgehead atoms. The van der Waals surface area contributed by atoms with E-state index in [-0.39, 0.29) is 23.0 Å². The van der Waals surface area contributed by atoms with Crippen LogP contribution in [0.25, 0.3) is 0 Å². The Hall–Kier alpha value is -3.09. The van der Waals surface area contributed by atoms with Crippen LogP contribution in [-0.2, 0) is 10.2 Å². The lowest BCUT2D eigenvalue weighted by molar-refractivity contribution is 0.0487. The average molecular weight is 439 g/mol. The molecule has 3 aromatic rings. The van der Waals surface area contributed by atoms with Crippen molar-refractivity contribution in [2.45, 2.75) is 18.3 Å². The molecule has 0 atom stereocenters. The second-order valence-electron chi connectivity index (χ2n) is 7.59. The quantitative estimate of drug-likeness (QED) is 0.586. The van der Waals surface area contributed by atoms with Crippen LogP contribution < -0.4 is 10.6 Å². The molecular weight excluding hydrogens is 416 g/mol. The Labute approximate surface area is 185 Å². The van der Waals surface area contributed by atoms with Gasteiger partial charge in [-0.25, -0.2) is 0 Å². The number of anilines is 1. The van der Waals surface area contributed by atoms with Crippen molar-refractivity contribution in [3.8, 4) is 0 Å². The minimum Gasteiger partial charge on any atom is -0.459 e. The van der Waals surface area contributed by atoms with Gasteiger partial charge < -0.3 is 19.8 Å². The zero-order valence-electron chi connectivity index (χ0n) is 16.9. The van der Waals surface area contributed by atoms with E-state index < -0.39 is 0 Å². The lowest BCUT2D eigenvalue weighted by Crippen LogP contribution is -2.44. The smallest absolute Gasteiger partial charge is 0.291 e. The predicted molar refractivity (Wildman–Crippen MR) is 119 cm³/mol. The third-order valence-corrected chi connectivity index (χ3v) is 5.86. The van der Waals surface area contributed by atoms with Gasteiger partial charge in [0.2, 0.25) is 0 Å². The first kappa shape index (κ1) is 21.2. The predicted octanol–water partition coefficient (Wildman–Crippen LogP) is 4.66. The van der Waals surface area contributed by atoms with Crippen LogP contribution in [0.1, 0.15) is 39.3 Å². The molecule has 0 radical (unpaired) electrons. The molecule has 0 saturated carbocycles. The summed E-state index contributed by atoms with van der Waals surface area (Å²) >= 11 is 6.21. The minimum absolute atomic E-state index is 0.170. The van der Waals surface area contributed by atoms with E-state index in [1.165, 1.54) is 6.26 Å². The van der Waals surface area contributed by atoms with E-state index in [2.05, 4.69) is 16.7 Å². The molecular formula is C24H23ClN2O4. The van der Waals surface area contributed by atoms with Gasteiger partial charge in [0.15, 0.2) is 5.76 Å². The second-order valence-corrected chi connectivity index (χ2v) is 8.03. The molecule has 0 spiro atoms. The Bertz CT molecular complexity index is 1040. The molecule has 7 heteroatoms. The average Bonchev–Trinajstić information content (AvgIpc) is 3.34. The number of benzene rings is 2. The Morgan fingerprint density at radius 1 is 0.968 bits per heavy atom. The summed E-state index contributed by atoms with van der Waals surface area (Å²) in [6.45, 7) is 1.78. The van der Waals surface area contributed by atoms with E-state index in [0.29, 0.717) is 36.0 Å². The van der Waals surface area contributed by atoms with E-state index in [4.69, 9.17) is 20.8 Å². The third-order valence-electron chi connectivity index (χ3n) is 5.62. The molecule has 2 heterocycles. The lowest BCUT2D eigenvalue weighted by Gasteiger charge is -2.38. The van der Waals surface area contributed by atoms with E-state index in [0.717, 1.165) is 18.4 Å². The first-order chi connectivity index (χ1) is 15.1. The van der Waals surface area contributed by atoms with E-state index in [1.807, 2.05) is 18.2 Å². The SMILES string of the molecule is O=C(NCC1(c2cccc(Cl)c2)CCOCC1)c1ccc(NC(=O)c2ccco2)cc1. The third kappa shape index (κ3) is 4.98. The zero-order valence-corrected chi connectivity index (χ0v) is 17.7. The summed E-state index contributed by atoms with van der Waals surface area (Å²) in [5.74, 6) is -0.286.